The van der Waals surface area contributed by atoms with Crippen LogP contribution in [0.25, 0.3) is 5.52 Å². The molecule has 98 valence electrons. The fourth-order valence-electron chi connectivity index (χ4n) is 2.10. The molecule has 0 radical (unpaired) electrons. The Balaban J connectivity index is 2.17. The molecule has 5 heteroatoms. The fourth-order valence-corrected chi connectivity index (χ4v) is 2.89. The summed E-state index contributed by atoms with van der Waals surface area (Å²) in [5.41, 5.74) is 1.03. The molecule has 0 unspecified atom stereocenters. The topological polar surface area (TPSA) is 42.2 Å². The average Bonchev–Trinajstić information content (AvgIpc) is 2.90. The molecule has 0 fully saturated rings. The zero-order valence-corrected chi connectivity index (χ0v) is 12.0. The van der Waals surface area contributed by atoms with Crippen LogP contribution < -0.4 is 5.32 Å². The number of thioether (sulfide) groups is 1. The number of hydrogen-bond acceptors (Lipinski definition) is 4. The molecule has 0 aliphatic carbocycles. The second-order valence-electron chi connectivity index (χ2n) is 4.38. The monoisotopic (exact) mass is 264 g/mol. The van der Waals surface area contributed by atoms with Gasteiger partial charge in [-0.25, -0.2) is 9.50 Å². The minimum atomic E-state index is 0.286. The minimum Gasteiger partial charge on any atom is -0.367 e. The molecule has 2 aromatic heterocycles. The first-order chi connectivity index (χ1) is 8.74. The second kappa shape index (κ2) is 5.61. The molecule has 0 bridgehead atoms. The fraction of sp³-hybridized carbons (Fsp3) is 0.538. The SMILES string of the molecule is CCC(CC)(CNc1nccn2nccc12)SC. The predicted octanol–water partition coefficient (Wildman–Crippen LogP) is 3.06. The molecule has 0 aliphatic heterocycles. The van der Waals surface area contributed by atoms with Gasteiger partial charge in [0.2, 0.25) is 0 Å². The van der Waals surface area contributed by atoms with Gasteiger partial charge in [-0.1, -0.05) is 13.8 Å². The minimum absolute atomic E-state index is 0.286. The highest BCUT2D eigenvalue weighted by molar-refractivity contribution is 8.00. The lowest BCUT2D eigenvalue weighted by atomic mass is 10.0. The molecule has 0 amide bonds. The van der Waals surface area contributed by atoms with E-state index >= 15 is 0 Å². The van der Waals surface area contributed by atoms with Crippen molar-refractivity contribution in [3.8, 4) is 0 Å². The van der Waals surface area contributed by atoms with E-state index in [2.05, 4.69) is 35.5 Å². The third kappa shape index (κ3) is 2.46. The molecular formula is C13H20N4S. The summed E-state index contributed by atoms with van der Waals surface area (Å²) in [7, 11) is 0. The van der Waals surface area contributed by atoms with Crippen molar-refractivity contribution in [3.63, 3.8) is 0 Å². The first-order valence-corrected chi connectivity index (χ1v) is 7.54. The molecular weight excluding hydrogens is 244 g/mol. The van der Waals surface area contributed by atoms with Crippen LogP contribution in [0.15, 0.2) is 24.7 Å². The summed E-state index contributed by atoms with van der Waals surface area (Å²) in [6.45, 7) is 5.42. The second-order valence-corrected chi connectivity index (χ2v) is 5.66. The van der Waals surface area contributed by atoms with Crippen molar-refractivity contribution in [2.75, 3.05) is 18.1 Å². The van der Waals surface area contributed by atoms with Gasteiger partial charge in [-0.2, -0.15) is 16.9 Å². The van der Waals surface area contributed by atoms with E-state index < -0.39 is 0 Å². The lowest BCUT2D eigenvalue weighted by Gasteiger charge is -2.30. The molecule has 0 spiro atoms. The van der Waals surface area contributed by atoms with E-state index in [1.807, 2.05) is 28.5 Å². The van der Waals surface area contributed by atoms with Crippen LogP contribution in [0.5, 0.6) is 0 Å². The number of nitrogens with zero attached hydrogens (tertiary/aromatic N) is 3. The Kier molecular flexibility index (Phi) is 4.11. The number of nitrogens with one attached hydrogen (secondary N) is 1. The van der Waals surface area contributed by atoms with Crippen LogP contribution in [0, 0.1) is 0 Å². The smallest absolute Gasteiger partial charge is 0.152 e. The molecule has 18 heavy (non-hydrogen) atoms. The normalized spacial score (nSPS) is 11.9. The quantitative estimate of drug-likeness (QED) is 0.870. The third-order valence-corrected chi connectivity index (χ3v) is 5.21. The summed E-state index contributed by atoms with van der Waals surface area (Å²) in [6.07, 6.45) is 9.92. The number of anilines is 1. The Morgan fingerprint density at radius 2 is 2.11 bits per heavy atom. The van der Waals surface area contributed by atoms with E-state index in [1.54, 1.807) is 12.4 Å². The van der Waals surface area contributed by atoms with Gasteiger partial charge in [0.15, 0.2) is 5.82 Å². The average molecular weight is 264 g/mol. The maximum atomic E-state index is 4.40. The van der Waals surface area contributed by atoms with Gasteiger partial charge in [0.05, 0.1) is 6.20 Å². The standard InChI is InChI=1S/C13H20N4S/c1-4-13(5-2,18-3)10-15-12-11-6-7-16-17(11)9-8-14-12/h6-9H,4-5,10H2,1-3H3,(H,14,15). The van der Waals surface area contributed by atoms with Crippen LogP contribution in [-0.2, 0) is 0 Å². The van der Waals surface area contributed by atoms with Crippen molar-refractivity contribution in [3.05, 3.63) is 24.7 Å². The first kappa shape index (κ1) is 13.2. The molecule has 0 atom stereocenters. The van der Waals surface area contributed by atoms with Crippen molar-refractivity contribution in [2.45, 2.75) is 31.4 Å². The summed E-state index contributed by atoms with van der Waals surface area (Å²) in [4.78, 5) is 4.40. The van der Waals surface area contributed by atoms with E-state index in [9.17, 15) is 0 Å². The van der Waals surface area contributed by atoms with Crippen molar-refractivity contribution in [2.24, 2.45) is 0 Å². The van der Waals surface area contributed by atoms with Gasteiger partial charge in [-0.15, -0.1) is 0 Å². The van der Waals surface area contributed by atoms with Gasteiger partial charge in [0.1, 0.15) is 5.52 Å². The van der Waals surface area contributed by atoms with Gasteiger partial charge in [0.25, 0.3) is 0 Å². The highest BCUT2D eigenvalue weighted by Crippen LogP contribution is 2.30. The van der Waals surface area contributed by atoms with Crippen molar-refractivity contribution in [1.29, 1.82) is 0 Å². The van der Waals surface area contributed by atoms with Crippen molar-refractivity contribution >= 4 is 23.1 Å². The van der Waals surface area contributed by atoms with E-state index in [0.717, 1.165) is 30.7 Å². The maximum absolute atomic E-state index is 4.40. The first-order valence-electron chi connectivity index (χ1n) is 6.32. The van der Waals surface area contributed by atoms with Crippen LogP contribution in [-0.4, -0.2) is 32.1 Å². The van der Waals surface area contributed by atoms with Gasteiger partial charge < -0.3 is 5.32 Å². The Morgan fingerprint density at radius 1 is 1.33 bits per heavy atom. The van der Waals surface area contributed by atoms with E-state index in [0.29, 0.717) is 0 Å². The third-order valence-electron chi connectivity index (χ3n) is 3.62. The van der Waals surface area contributed by atoms with Crippen LogP contribution in [0.2, 0.25) is 0 Å². The van der Waals surface area contributed by atoms with Crippen molar-refractivity contribution in [1.82, 2.24) is 14.6 Å². The molecule has 1 N–H and O–H groups in total. The highest BCUT2D eigenvalue weighted by atomic mass is 32.2. The summed E-state index contributed by atoms with van der Waals surface area (Å²) >= 11 is 1.93. The molecule has 2 aromatic rings. The van der Waals surface area contributed by atoms with E-state index in [1.165, 1.54) is 0 Å². The van der Waals surface area contributed by atoms with Gasteiger partial charge >= 0.3 is 0 Å². The van der Waals surface area contributed by atoms with Crippen LogP contribution >= 0.6 is 11.8 Å². The number of rotatable bonds is 6. The van der Waals surface area contributed by atoms with Crippen LogP contribution in [0.4, 0.5) is 5.82 Å². The van der Waals surface area contributed by atoms with E-state index in [-0.39, 0.29) is 4.75 Å². The van der Waals surface area contributed by atoms with Gasteiger partial charge in [-0.3, -0.25) is 0 Å². The van der Waals surface area contributed by atoms with E-state index in [4.69, 9.17) is 0 Å². The molecule has 2 heterocycles. The zero-order chi connectivity index (χ0) is 13.0. The molecule has 2 rings (SSSR count). The zero-order valence-electron chi connectivity index (χ0n) is 11.2. The maximum Gasteiger partial charge on any atom is 0.152 e. The summed E-state index contributed by atoms with van der Waals surface area (Å²) in [5.74, 6) is 0.912. The van der Waals surface area contributed by atoms with Gasteiger partial charge in [0, 0.05) is 23.7 Å². The van der Waals surface area contributed by atoms with Gasteiger partial charge in [-0.05, 0) is 25.2 Å². The van der Waals surface area contributed by atoms with Crippen molar-refractivity contribution < 1.29 is 0 Å². The summed E-state index contributed by atoms with van der Waals surface area (Å²) in [6, 6.07) is 1.98. The highest BCUT2D eigenvalue weighted by Gasteiger charge is 2.24. The molecule has 0 aromatic carbocycles. The Morgan fingerprint density at radius 3 is 2.78 bits per heavy atom. The molecule has 0 aliphatic rings. The Hall–Kier alpha value is -1.23. The number of hydrogen-bond donors (Lipinski definition) is 1. The number of aromatic nitrogens is 3. The predicted molar refractivity (Wildman–Crippen MR) is 78.3 cm³/mol. The Labute approximate surface area is 112 Å². The largest absolute Gasteiger partial charge is 0.367 e. The lowest BCUT2D eigenvalue weighted by Crippen LogP contribution is -2.32. The molecule has 0 saturated carbocycles. The van der Waals surface area contributed by atoms with Crippen LogP contribution in [0.1, 0.15) is 26.7 Å². The Bertz CT molecular complexity index is 496. The number of fused-ring (bicyclic) bond motifs is 1. The summed E-state index contributed by atoms with van der Waals surface area (Å²) < 4.78 is 2.13. The van der Waals surface area contributed by atoms with Crippen LogP contribution in [0.3, 0.4) is 0 Å². The molecule has 0 saturated heterocycles. The molecule has 4 nitrogen and oxygen atoms in total. The summed E-state index contributed by atoms with van der Waals surface area (Å²) in [5, 5.41) is 7.69. The lowest BCUT2D eigenvalue weighted by molar-refractivity contribution is 0.574.